The van der Waals surface area contributed by atoms with Crippen molar-refractivity contribution >= 4 is 5.97 Å². The highest BCUT2D eigenvalue weighted by atomic mass is 16.6. The molecule has 1 rings (SSSR count). The minimum atomic E-state index is -0.417. The summed E-state index contributed by atoms with van der Waals surface area (Å²) in [6.45, 7) is -0.0985. The average molecular weight is 156 g/mol. The Balaban J connectivity index is 2.29. The molecule has 11 heavy (non-hydrogen) atoms. The van der Waals surface area contributed by atoms with E-state index in [1.807, 2.05) is 0 Å². The lowest BCUT2D eigenvalue weighted by atomic mass is 10.7. The molecule has 0 bridgehead atoms. The van der Waals surface area contributed by atoms with Crippen molar-refractivity contribution in [3.8, 4) is 5.88 Å². The van der Waals surface area contributed by atoms with Crippen molar-refractivity contribution in [1.82, 2.24) is 10.2 Å². The molecular weight excluding hydrogens is 148 g/mol. The van der Waals surface area contributed by atoms with Crippen molar-refractivity contribution < 1.29 is 14.3 Å². The zero-order valence-electron chi connectivity index (χ0n) is 6.03. The van der Waals surface area contributed by atoms with Crippen LogP contribution < -0.4 is 4.74 Å². The highest BCUT2D eigenvalue weighted by Gasteiger charge is 2.00. The second-order valence-corrected chi connectivity index (χ2v) is 1.79. The number of esters is 1. The molecule has 0 unspecified atom stereocenters. The highest BCUT2D eigenvalue weighted by Crippen LogP contribution is 2.00. The third-order valence-corrected chi connectivity index (χ3v) is 1.05. The van der Waals surface area contributed by atoms with Crippen molar-refractivity contribution in [3.05, 3.63) is 12.3 Å². The van der Waals surface area contributed by atoms with Crippen LogP contribution in [0.2, 0.25) is 0 Å². The lowest BCUT2D eigenvalue weighted by Crippen LogP contribution is -2.12. The van der Waals surface area contributed by atoms with Crippen molar-refractivity contribution in [1.29, 1.82) is 0 Å². The summed E-state index contributed by atoms with van der Waals surface area (Å²) in [5.74, 6) is 0.0370. The molecule has 1 aromatic rings. The number of carbonyl (C=O) groups is 1. The van der Waals surface area contributed by atoms with Crippen LogP contribution in [0.5, 0.6) is 5.88 Å². The highest BCUT2D eigenvalue weighted by molar-refractivity contribution is 5.70. The van der Waals surface area contributed by atoms with Gasteiger partial charge in [-0.2, -0.15) is 5.10 Å². The van der Waals surface area contributed by atoms with Gasteiger partial charge in [-0.05, 0) is 0 Å². The Hall–Kier alpha value is -1.52. The number of aromatic amines is 1. The van der Waals surface area contributed by atoms with E-state index < -0.39 is 5.97 Å². The Bertz CT molecular complexity index is 220. The molecule has 60 valence electrons. The van der Waals surface area contributed by atoms with E-state index in [0.717, 1.165) is 0 Å². The Kier molecular flexibility index (Phi) is 2.48. The summed E-state index contributed by atoms with van der Waals surface area (Å²) >= 11 is 0. The van der Waals surface area contributed by atoms with E-state index >= 15 is 0 Å². The molecule has 0 saturated carbocycles. The van der Waals surface area contributed by atoms with Crippen LogP contribution in [0.3, 0.4) is 0 Å². The maximum atomic E-state index is 10.5. The van der Waals surface area contributed by atoms with Crippen molar-refractivity contribution in [2.45, 2.75) is 0 Å². The fraction of sp³-hybridized carbons (Fsp3) is 0.333. The molecule has 0 saturated heterocycles. The summed E-state index contributed by atoms with van der Waals surface area (Å²) in [5, 5.41) is 6.16. The van der Waals surface area contributed by atoms with E-state index in [9.17, 15) is 4.79 Å². The standard InChI is InChI=1S/C6H8N2O3/c1-10-6(9)4-11-5-2-3-7-8-5/h2-3H,4H2,1H3,(H,7,8). The van der Waals surface area contributed by atoms with Crippen LogP contribution in [0.4, 0.5) is 0 Å². The molecule has 0 spiro atoms. The molecule has 1 aromatic heterocycles. The number of aromatic nitrogens is 2. The van der Waals surface area contributed by atoms with E-state index in [1.165, 1.54) is 13.3 Å². The lowest BCUT2D eigenvalue weighted by molar-refractivity contribution is -0.143. The number of carbonyl (C=O) groups excluding carboxylic acids is 1. The monoisotopic (exact) mass is 156 g/mol. The van der Waals surface area contributed by atoms with Gasteiger partial charge < -0.3 is 9.47 Å². The fourth-order valence-corrected chi connectivity index (χ4v) is 0.519. The van der Waals surface area contributed by atoms with Gasteiger partial charge in [0.1, 0.15) is 0 Å². The third kappa shape index (κ3) is 2.29. The number of hydrogen-bond acceptors (Lipinski definition) is 4. The molecule has 0 aliphatic heterocycles. The van der Waals surface area contributed by atoms with Crippen LogP contribution in [-0.4, -0.2) is 29.9 Å². The number of ether oxygens (including phenoxy) is 2. The van der Waals surface area contributed by atoms with Gasteiger partial charge >= 0.3 is 5.97 Å². The number of nitrogens with one attached hydrogen (secondary N) is 1. The molecule has 0 fully saturated rings. The molecular formula is C6H8N2O3. The van der Waals surface area contributed by atoms with Gasteiger partial charge in [0.25, 0.3) is 0 Å². The Morgan fingerprint density at radius 2 is 2.64 bits per heavy atom. The summed E-state index contributed by atoms with van der Waals surface area (Å²) in [5.41, 5.74) is 0. The van der Waals surface area contributed by atoms with Crippen LogP contribution in [-0.2, 0) is 9.53 Å². The number of H-pyrrole nitrogens is 1. The molecule has 0 aromatic carbocycles. The minimum Gasteiger partial charge on any atom is -0.466 e. The van der Waals surface area contributed by atoms with E-state index in [-0.39, 0.29) is 6.61 Å². The van der Waals surface area contributed by atoms with Gasteiger partial charge in [-0.25, -0.2) is 9.89 Å². The zero-order valence-corrected chi connectivity index (χ0v) is 6.03. The molecule has 0 radical (unpaired) electrons. The molecule has 0 aliphatic rings. The number of hydrogen-bond donors (Lipinski definition) is 1. The van der Waals surface area contributed by atoms with Gasteiger partial charge in [0.2, 0.25) is 5.88 Å². The van der Waals surface area contributed by atoms with Gasteiger partial charge in [-0.15, -0.1) is 0 Å². The number of nitrogens with zero attached hydrogens (tertiary/aromatic N) is 1. The summed E-state index contributed by atoms with van der Waals surface area (Å²) in [7, 11) is 1.30. The molecule has 5 heteroatoms. The molecule has 0 aliphatic carbocycles. The molecule has 5 nitrogen and oxygen atoms in total. The van der Waals surface area contributed by atoms with Crippen LogP contribution in [0, 0.1) is 0 Å². The van der Waals surface area contributed by atoms with Gasteiger partial charge in [-0.3, -0.25) is 0 Å². The largest absolute Gasteiger partial charge is 0.466 e. The number of rotatable bonds is 3. The Morgan fingerprint density at radius 3 is 3.18 bits per heavy atom. The predicted octanol–water partition coefficient (Wildman–Crippen LogP) is -0.0385. The summed E-state index contributed by atoms with van der Waals surface area (Å²) < 4.78 is 9.26. The number of methoxy groups -OCH3 is 1. The first-order valence-electron chi connectivity index (χ1n) is 3.02. The molecule has 0 amide bonds. The van der Waals surface area contributed by atoms with Gasteiger partial charge in [0.05, 0.1) is 13.3 Å². The van der Waals surface area contributed by atoms with Crippen LogP contribution in [0.15, 0.2) is 12.3 Å². The Labute approximate surface area is 63.3 Å². The van der Waals surface area contributed by atoms with Crippen molar-refractivity contribution in [3.63, 3.8) is 0 Å². The second kappa shape index (κ2) is 3.60. The maximum absolute atomic E-state index is 10.5. The third-order valence-electron chi connectivity index (χ3n) is 1.05. The van der Waals surface area contributed by atoms with Crippen LogP contribution >= 0.6 is 0 Å². The minimum absolute atomic E-state index is 0.0985. The molecule has 0 atom stereocenters. The lowest BCUT2D eigenvalue weighted by Gasteiger charge is -1.99. The Morgan fingerprint density at radius 1 is 1.82 bits per heavy atom. The van der Waals surface area contributed by atoms with E-state index in [1.54, 1.807) is 6.07 Å². The first-order chi connectivity index (χ1) is 5.33. The smallest absolute Gasteiger partial charge is 0.343 e. The predicted molar refractivity (Wildman–Crippen MR) is 36.1 cm³/mol. The molecule has 1 N–H and O–H groups in total. The molecule has 1 heterocycles. The summed E-state index contributed by atoms with van der Waals surface area (Å²) in [6, 6.07) is 1.61. The first kappa shape index (κ1) is 7.59. The fourth-order valence-electron chi connectivity index (χ4n) is 0.519. The van der Waals surface area contributed by atoms with Crippen LogP contribution in [0.1, 0.15) is 0 Å². The zero-order chi connectivity index (χ0) is 8.10. The van der Waals surface area contributed by atoms with Gasteiger partial charge in [0.15, 0.2) is 6.61 Å². The van der Waals surface area contributed by atoms with Gasteiger partial charge in [-0.1, -0.05) is 0 Å². The van der Waals surface area contributed by atoms with E-state index in [2.05, 4.69) is 14.9 Å². The maximum Gasteiger partial charge on any atom is 0.343 e. The summed E-state index contributed by atoms with van der Waals surface area (Å²) in [4.78, 5) is 10.5. The van der Waals surface area contributed by atoms with E-state index in [0.29, 0.717) is 5.88 Å². The second-order valence-electron chi connectivity index (χ2n) is 1.79. The SMILES string of the molecule is COC(=O)COc1ccn[nH]1. The summed E-state index contributed by atoms with van der Waals surface area (Å²) in [6.07, 6.45) is 1.53. The van der Waals surface area contributed by atoms with Crippen molar-refractivity contribution in [2.24, 2.45) is 0 Å². The normalized spacial score (nSPS) is 9.18. The van der Waals surface area contributed by atoms with Crippen LogP contribution in [0.25, 0.3) is 0 Å². The van der Waals surface area contributed by atoms with Crippen molar-refractivity contribution in [2.75, 3.05) is 13.7 Å². The average Bonchev–Trinajstić information content (AvgIpc) is 2.52. The topological polar surface area (TPSA) is 64.2 Å². The first-order valence-corrected chi connectivity index (χ1v) is 3.02. The van der Waals surface area contributed by atoms with E-state index in [4.69, 9.17) is 4.74 Å². The quantitative estimate of drug-likeness (QED) is 0.624. The van der Waals surface area contributed by atoms with Gasteiger partial charge in [0, 0.05) is 6.07 Å².